The third kappa shape index (κ3) is 1.55. The molecule has 0 atom stereocenters. The number of hydrogen-bond acceptors (Lipinski definition) is 0. The zero-order valence-electron chi connectivity index (χ0n) is 11.0. The van der Waals surface area contributed by atoms with Crippen LogP contribution in [0, 0.1) is 20.8 Å². The minimum Gasteiger partial charge on any atom is -0.358 e. The lowest BCUT2D eigenvalue weighted by Gasteiger charge is -2.08. The Kier molecular flexibility index (Phi) is 2.48. The molecule has 0 bridgehead atoms. The normalized spacial score (nSPS) is 11.1. The van der Waals surface area contributed by atoms with Gasteiger partial charge in [0.2, 0.25) is 0 Å². The van der Waals surface area contributed by atoms with Gasteiger partial charge < -0.3 is 4.98 Å². The van der Waals surface area contributed by atoms with Gasteiger partial charge in [0, 0.05) is 22.0 Å². The minimum atomic E-state index is 1.24. The average Bonchev–Trinajstić information content (AvgIpc) is 2.68. The summed E-state index contributed by atoms with van der Waals surface area (Å²) in [5.74, 6) is 0. The van der Waals surface area contributed by atoms with Crippen molar-refractivity contribution in [3.8, 4) is 11.3 Å². The van der Waals surface area contributed by atoms with Gasteiger partial charge in [0.25, 0.3) is 0 Å². The molecule has 0 spiro atoms. The van der Waals surface area contributed by atoms with Crippen molar-refractivity contribution in [2.75, 3.05) is 0 Å². The molecule has 1 N–H and O–H groups in total. The summed E-state index contributed by atoms with van der Waals surface area (Å²) in [6.07, 6.45) is 0. The maximum atomic E-state index is 3.55. The molecule has 1 heteroatoms. The number of hydrogen-bond donors (Lipinski definition) is 1. The van der Waals surface area contributed by atoms with Crippen LogP contribution in [0.15, 0.2) is 42.5 Å². The highest BCUT2D eigenvalue weighted by molar-refractivity contribution is 5.98. The lowest BCUT2D eigenvalue weighted by molar-refractivity contribution is 1.26. The van der Waals surface area contributed by atoms with Crippen molar-refractivity contribution in [2.24, 2.45) is 0 Å². The second-order valence-corrected chi connectivity index (χ2v) is 4.94. The first-order valence-corrected chi connectivity index (χ1v) is 6.32. The van der Waals surface area contributed by atoms with Gasteiger partial charge in [-0.25, -0.2) is 0 Å². The number of rotatable bonds is 1. The molecule has 18 heavy (non-hydrogen) atoms. The fourth-order valence-electron chi connectivity index (χ4n) is 2.76. The Balaban J connectivity index is 2.39. The third-order valence-corrected chi connectivity index (χ3v) is 3.64. The zero-order valence-corrected chi connectivity index (χ0v) is 11.0. The summed E-state index contributed by atoms with van der Waals surface area (Å²) in [6, 6.07) is 15.0. The highest BCUT2D eigenvalue weighted by Crippen LogP contribution is 2.34. The Morgan fingerprint density at radius 2 is 1.33 bits per heavy atom. The summed E-state index contributed by atoms with van der Waals surface area (Å²) >= 11 is 0. The molecule has 1 nitrogen and oxygen atoms in total. The number of H-pyrrole nitrogens is 1. The van der Waals surface area contributed by atoms with E-state index in [-0.39, 0.29) is 0 Å². The Labute approximate surface area is 107 Å². The van der Waals surface area contributed by atoms with Gasteiger partial charge in [0.15, 0.2) is 0 Å². The molecular weight excluding hydrogens is 218 g/mol. The van der Waals surface area contributed by atoms with E-state index < -0.39 is 0 Å². The molecule has 0 radical (unpaired) electrons. The Morgan fingerprint density at radius 1 is 0.722 bits per heavy atom. The predicted molar refractivity (Wildman–Crippen MR) is 77.9 cm³/mol. The van der Waals surface area contributed by atoms with Gasteiger partial charge in [-0.05, 0) is 31.9 Å². The van der Waals surface area contributed by atoms with E-state index in [1.54, 1.807) is 0 Å². The molecule has 0 amide bonds. The van der Waals surface area contributed by atoms with E-state index in [4.69, 9.17) is 0 Å². The van der Waals surface area contributed by atoms with E-state index in [1.807, 2.05) is 0 Å². The third-order valence-electron chi connectivity index (χ3n) is 3.64. The molecule has 1 aromatic heterocycles. The summed E-state index contributed by atoms with van der Waals surface area (Å²) in [4.78, 5) is 3.55. The highest BCUT2D eigenvalue weighted by atomic mass is 14.7. The van der Waals surface area contributed by atoms with Crippen molar-refractivity contribution in [1.82, 2.24) is 4.98 Å². The smallest absolute Gasteiger partial charge is 0.0541 e. The fourth-order valence-corrected chi connectivity index (χ4v) is 2.76. The summed E-state index contributed by atoms with van der Waals surface area (Å²) in [6.45, 7) is 6.49. The Hall–Kier alpha value is -2.02. The summed E-state index contributed by atoms with van der Waals surface area (Å²) < 4.78 is 0. The lowest BCUT2D eigenvalue weighted by Crippen LogP contribution is -1.88. The summed E-state index contributed by atoms with van der Waals surface area (Å²) in [7, 11) is 0. The monoisotopic (exact) mass is 235 g/mol. The summed E-state index contributed by atoms with van der Waals surface area (Å²) in [5, 5.41) is 2.63. The van der Waals surface area contributed by atoms with Crippen molar-refractivity contribution in [2.45, 2.75) is 20.8 Å². The molecule has 0 unspecified atom stereocenters. The first-order valence-electron chi connectivity index (χ1n) is 6.32. The molecular formula is C17H17N. The van der Waals surface area contributed by atoms with E-state index in [0.717, 1.165) is 0 Å². The van der Waals surface area contributed by atoms with Gasteiger partial charge in [-0.1, -0.05) is 42.5 Å². The number of aromatic amines is 1. The molecule has 2 aromatic carbocycles. The van der Waals surface area contributed by atoms with Crippen LogP contribution in [0.4, 0.5) is 0 Å². The zero-order chi connectivity index (χ0) is 12.7. The maximum Gasteiger partial charge on any atom is 0.0541 e. The maximum absolute atomic E-state index is 3.55. The van der Waals surface area contributed by atoms with Crippen molar-refractivity contribution in [1.29, 1.82) is 0 Å². The SMILES string of the molecule is Cc1cccc(C)c1-c1[nH]c(C)c2ccccc12. The van der Waals surface area contributed by atoms with Crippen LogP contribution in [0.3, 0.4) is 0 Å². The van der Waals surface area contributed by atoms with Gasteiger partial charge in [-0.15, -0.1) is 0 Å². The first-order chi connectivity index (χ1) is 8.68. The second-order valence-electron chi connectivity index (χ2n) is 4.94. The van der Waals surface area contributed by atoms with Crippen LogP contribution in [-0.4, -0.2) is 4.98 Å². The Bertz CT molecular complexity index is 699. The standard InChI is InChI=1S/C17H17N/c1-11-7-6-8-12(2)16(11)17-15-10-5-4-9-14(15)13(3)18-17/h4-10,18H,1-3H3. The van der Waals surface area contributed by atoms with Gasteiger partial charge >= 0.3 is 0 Å². The molecule has 0 fully saturated rings. The van der Waals surface area contributed by atoms with Gasteiger partial charge in [-0.3, -0.25) is 0 Å². The van der Waals surface area contributed by atoms with Crippen LogP contribution < -0.4 is 0 Å². The molecule has 0 aliphatic rings. The molecule has 0 saturated heterocycles. The lowest BCUT2D eigenvalue weighted by atomic mass is 9.98. The predicted octanol–water partition coefficient (Wildman–Crippen LogP) is 4.76. The van der Waals surface area contributed by atoms with Crippen LogP contribution in [-0.2, 0) is 0 Å². The van der Waals surface area contributed by atoms with Crippen LogP contribution in [0.5, 0.6) is 0 Å². The molecule has 0 aliphatic heterocycles. The van der Waals surface area contributed by atoms with Crippen LogP contribution in [0.2, 0.25) is 0 Å². The highest BCUT2D eigenvalue weighted by Gasteiger charge is 2.12. The number of nitrogens with one attached hydrogen (secondary N) is 1. The van der Waals surface area contributed by atoms with Gasteiger partial charge in [0.05, 0.1) is 5.69 Å². The Morgan fingerprint density at radius 3 is 2.00 bits per heavy atom. The number of benzene rings is 2. The fraction of sp³-hybridized carbons (Fsp3) is 0.176. The van der Waals surface area contributed by atoms with Crippen molar-refractivity contribution in [3.63, 3.8) is 0 Å². The molecule has 0 saturated carbocycles. The molecule has 3 rings (SSSR count). The van der Waals surface area contributed by atoms with Crippen LogP contribution >= 0.6 is 0 Å². The van der Waals surface area contributed by atoms with Crippen molar-refractivity contribution in [3.05, 3.63) is 59.3 Å². The van der Waals surface area contributed by atoms with E-state index in [0.29, 0.717) is 0 Å². The first kappa shape index (κ1) is 11.1. The second kappa shape index (κ2) is 4.02. The number of aryl methyl sites for hydroxylation is 3. The van der Waals surface area contributed by atoms with E-state index >= 15 is 0 Å². The quantitative estimate of drug-likeness (QED) is 0.626. The van der Waals surface area contributed by atoms with E-state index in [1.165, 1.54) is 38.9 Å². The molecule has 1 heterocycles. The van der Waals surface area contributed by atoms with Gasteiger partial charge in [0.1, 0.15) is 0 Å². The van der Waals surface area contributed by atoms with Crippen molar-refractivity contribution >= 4 is 10.8 Å². The van der Waals surface area contributed by atoms with E-state index in [2.05, 4.69) is 68.2 Å². The summed E-state index contributed by atoms with van der Waals surface area (Å²) in [5.41, 5.74) is 6.47. The van der Waals surface area contributed by atoms with Crippen molar-refractivity contribution < 1.29 is 0 Å². The van der Waals surface area contributed by atoms with E-state index in [9.17, 15) is 0 Å². The molecule has 90 valence electrons. The van der Waals surface area contributed by atoms with Crippen LogP contribution in [0.25, 0.3) is 22.0 Å². The minimum absolute atomic E-state index is 1.24. The largest absolute Gasteiger partial charge is 0.358 e. The molecule has 0 aliphatic carbocycles. The average molecular weight is 235 g/mol. The van der Waals surface area contributed by atoms with Crippen LogP contribution in [0.1, 0.15) is 16.8 Å². The number of aromatic nitrogens is 1. The van der Waals surface area contributed by atoms with Gasteiger partial charge in [-0.2, -0.15) is 0 Å². The number of fused-ring (bicyclic) bond motifs is 1. The topological polar surface area (TPSA) is 15.8 Å². The molecule has 3 aromatic rings.